The van der Waals surface area contributed by atoms with Gasteiger partial charge in [-0.25, -0.2) is 4.98 Å². The number of aromatic nitrogens is 2. The zero-order valence-electron chi connectivity index (χ0n) is 17.4. The minimum atomic E-state index is -1.21. The Morgan fingerprint density at radius 3 is 2.47 bits per heavy atom. The lowest BCUT2D eigenvalue weighted by Crippen LogP contribution is -2.30. The summed E-state index contributed by atoms with van der Waals surface area (Å²) < 4.78 is 5.17. The van der Waals surface area contributed by atoms with Crippen molar-refractivity contribution < 1.29 is 19.8 Å². The number of pyridine rings is 1. The van der Waals surface area contributed by atoms with E-state index in [2.05, 4.69) is 14.7 Å². The number of carbonyl (C=O) groups is 2. The number of nitrogens with zero attached hydrogens (tertiary/aromatic N) is 2. The van der Waals surface area contributed by atoms with Crippen molar-refractivity contribution in [3.05, 3.63) is 77.4 Å². The minimum Gasteiger partial charge on any atom is -0.505 e. The van der Waals surface area contributed by atoms with E-state index in [1.807, 2.05) is 42.5 Å². The third-order valence-corrected chi connectivity index (χ3v) is 6.48. The van der Waals surface area contributed by atoms with Gasteiger partial charge >= 0.3 is 5.97 Å². The van der Waals surface area contributed by atoms with Crippen LogP contribution in [0.1, 0.15) is 10.5 Å². The van der Waals surface area contributed by atoms with Gasteiger partial charge < -0.3 is 15.5 Å². The van der Waals surface area contributed by atoms with Crippen molar-refractivity contribution >= 4 is 55.9 Å². The van der Waals surface area contributed by atoms with E-state index in [0.29, 0.717) is 32.1 Å². The second kappa shape index (κ2) is 8.74. The van der Waals surface area contributed by atoms with Gasteiger partial charge in [0.15, 0.2) is 11.4 Å². The predicted molar refractivity (Wildman–Crippen MR) is 132 cm³/mol. The Labute approximate surface area is 202 Å². The summed E-state index contributed by atoms with van der Waals surface area (Å²) in [5, 5.41) is 25.2. The Hall–Kier alpha value is -4.01. The third kappa shape index (κ3) is 3.83. The lowest BCUT2D eigenvalue weighted by Gasteiger charge is -2.12. The lowest BCUT2D eigenvalue weighted by atomic mass is 9.99. The molecule has 0 unspecified atom stereocenters. The summed E-state index contributed by atoms with van der Waals surface area (Å²) in [7, 11) is 0. The molecule has 3 N–H and O–H groups in total. The van der Waals surface area contributed by atoms with Crippen LogP contribution in [0.5, 0.6) is 5.75 Å². The van der Waals surface area contributed by atoms with Gasteiger partial charge in [-0.1, -0.05) is 66.2 Å². The largest absolute Gasteiger partial charge is 0.505 e. The molecule has 0 aliphatic carbocycles. The van der Waals surface area contributed by atoms with E-state index in [-0.39, 0.29) is 11.4 Å². The zero-order valence-corrected chi connectivity index (χ0v) is 19.0. The van der Waals surface area contributed by atoms with Crippen molar-refractivity contribution in [1.82, 2.24) is 14.7 Å². The van der Waals surface area contributed by atoms with Crippen molar-refractivity contribution in [2.45, 2.75) is 0 Å². The quantitative estimate of drug-likeness (QED) is 0.306. The van der Waals surface area contributed by atoms with E-state index in [1.54, 1.807) is 24.3 Å². The molecule has 0 fully saturated rings. The molecule has 0 saturated carbocycles. The average Bonchev–Trinajstić information content (AvgIpc) is 3.29. The molecule has 3 aromatic carbocycles. The second-order valence-corrected chi connectivity index (χ2v) is 8.71. The standard InChI is InChI=1S/C25H16ClN3O4S/c26-15-10-8-14(9-11-15)20-19-23(32)22(25(33)27-12-18(30)31)28-21(24(19)34-29-20)17-7-3-5-13-4-1-2-6-16(13)17/h1-11,32H,12H2,(H,27,33)(H,30,31). The van der Waals surface area contributed by atoms with Gasteiger partial charge in [0.2, 0.25) is 0 Å². The fraction of sp³-hybridized carbons (Fsp3) is 0.0400. The van der Waals surface area contributed by atoms with Crippen LogP contribution in [0.2, 0.25) is 5.02 Å². The summed E-state index contributed by atoms with van der Waals surface area (Å²) >= 11 is 7.20. The molecule has 0 aliphatic rings. The van der Waals surface area contributed by atoms with Gasteiger partial charge in [0.1, 0.15) is 6.54 Å². The predicted octanol–water partition coefficient (Wildman–Crippen LogP) is 5.35. The number of carboxylic acid groups (broad SMARTS) is 1. The van der Waals surface area contributed by atoms with Gasteiger partial charge in [-0.3, -0.25) is 9.59 Å². The van der Waals surface area contributed by atoms with E-state index < -0.39 is 18.4 Å². The van der Waals surface area contributed by atoms with E-state index >= 15 is 0 Å². The lowest BCUT2D eigenvalue weighted by molar-refractivity contribution is -0.135. The normalized spacial score (nSPS) is 11.1. The van der Waals surface area contributed by atoms with Gasteiger partial charge in [-0.05, 0) is 34.4 Å². The molecule has 5 rings (SSSR count). The summed E-state index contributed by atoms with van der Waals surface area (Å²) in [6.07, 6.45) is 0. The highest BCUT2D eigenvalue weighted by atomic mass is 35.5. The number of nitrogens with one attached hydrogen (secondary N) is 1. The first-order valence-corrected chi connectivity index (χ1v) is 11.4. The first-order chi connectivity index (χ1) is 16.4. The van der Waals surface area contributed by atoms with Crippen LogP contribution in [-0.4, -0.2) is 38.0 Å². The van der Waals surface area contributed by atoms with Crippen LogP contribution < -0.4 is 5.32 Å². The average molecular weight is 490 g/mol. The van der Waals surface area contributed by atoms with Crippen LogP contribution in [-0.2, 0) is 4.79 Å². The van der Waals surface area contributed by atoms with Crippen molar-refractivity contribution in [3.8, 4) is 28.3 Å². The van der Waals surface area contributed by atoms with Crippen LogP contribution in [0.4, 0.5) is 0 Å². The van der Waals surface area contributed by atoms with Crippen LogP contribution in [0.3, 0.4) is 0 Å². The highest BCUT2D eigenvalue weighted by molar-refractivity contribution is 7.14. The molecule has 0 atom stereocenters. The topological polar surface area (TPSA) is 112 Å². The third-order valence-electron chi connectivity index (χ3n) is 5.37. The maximum absolute atomic E-state index is 12.8. The number of carbonyl (C=O) groups excluding carboxylic acids is 1. The molecular formula is C25H16ClN3O4S. The number of rotatable bonds is 5. The Morgan fingerprint density at radius 2 is 1.71 bits per heavy atom. The molecular weight excluding hydrogens is 474 g/mol. The maximum Gasteiger partial charge on any atom is 0.322 e. The van der Waals surface area contributed by atoms with Crippen molar-refractivity contribution in [2.24, 2.45) is 0 Å². The van der Waals surface area contributed by atoms with Crippen molar-refractivity contribution in [3.63, 3.8) is 0 Å². The van der Waals surface area contributed by atoms with Crippen LogP contribution in [0.15, 0.2) is 66.7 Å². The number of hydrogen-bond donors (Lipinski definition) is 3. The number of hydrogen-bond acceptors (Lipinski definition) is 6. The fourth-order valence-corrected chi connectivity index (χ4v) is 4.85. The van der Waals surface area contributed by atoms with Crippen LogP contribution in [0, 0.1) is 0 Å². The molecule has 1 amide bonds. The molecule has 9 heteroatoms. The summed E-state index contributed by atoms with van der Waals surface area (Å²) in [6, 6.07) is 20.5. The molecule has 2 heterocycles. The van der Waals surface area contributed by atoms with Gasteiger partial charge in [-0.2, -0.15) is 4.37 Å². The molecule has 7 nitrogen and oxygen atoms in total. The molecule has 0 spiro atoms. The Bertz CT molecular complexity index is 1580. The maximum atomic E-state index is 12.8. The first-order valence-electron chi connectivity index (χ1n) is 10.2. The number of carboxylic acids is 1. The van der Waals surface area contributed by atoms with Gasteiger partial charge in [-0.15, -0.1) is 0 Å². The Kier molecular flexibility index (Phi) is 5.61. The second-order valence-electron chi connectivity index (χ2n) is 7.50. The fourth-order valence-electron chi connectivity index (χ4n) is 3.82. The van der Waals surface area contributed by atoms with Gasteiger partial charge in [0.25, 0.3) is 5.91 Å². The monoisotopic (exact) mass is 489 g/mol. The number of amides is 1. The molecule has 168 valence electrons. The number of fused-ring (bicyclic) bond motifs is 2. The SMILES string of the molecule is O=C(O)CNC(=O)c1nc(-c2cccc3ccccc23)c2snc(-c3ccc(Cl)cc3)c2c1O. The van der Waals surface area contributed by atoms with E-state index in [9.17, 15) is 14.7 Å². The summed E-state index contributed by atoms with van der Waals surface area (Å²) in [4.78, 5) is 28.3. The summed E-state index contributed by atoms with van der Waals surface area (Å²) in [5.74, 6) is -2.36. The Morgan fingerprint density at radius 1 is 0.971 bits per heavy atom. The van der Waals surface area contributed by atoms with E-state index in [1.165, 1.54) is 0 Å². The highest BCUT2D eigenvalue weighted by Gasteiger charge is 2.25. The van der Waals surface area contributed by atoms with E-state index in [0.717, 1.165) is 27.9 Å². The number of halogens is 1. The molecule has 0 bridgehead atoms. The number of aromatic hydroxyl groups is 1. The molecule has 0 saturated heterocycles. The summed E-state index contributed by atoms with van der Waals surface area (Å²) in [5.41, 5.74) is 2.15. The van der Waals surface area contributed by atoms with Crippen molar-refractivity contribution in [2.75, 3.05) is 6.54 Å². The first kappa shape index (κ1) is 21.8. The van der Waals surface area contributed by atoms with Crippen molar-refractivity contribution in [1.29, 1.82) is 0 Å². The number of aliphatic carboxylic acids is 1. The molecule has 2 aromatic heterocycles. The van der Waals surface area contributed by atoms with Crippen LogP contribution >= 0.6 is 23.1 Å². The molecule has 0 radical (unpaired) electrons. The summed E-state index contributed by atoms with van der Waals surface area (Å²) in [6.45, 7) is -0.604. The zero-order chi connectivity index (χ0) is 23.8. The number of benzene rings is 3. The molecule has 34 heavy (non-hydrogen) atoms. The van der Waals surface area contributed by atoms with Gasteiger partial charge in [0, 0.05) is 16.1 Å². The van der Waals surface area contributed by atoms with Crippen LogP contribution in [0.25, 0.3) is 43.4 Å². The Balaban J connectivity index is 1.81. The highest BCUT2D eigenvalue weighted by Crippen LogP contribution is 2.44. The van der Waals surface area contributed by atoms with E-state index in [4.69, 9.17) is 16.7 Å². The van der Waals surface area contributed by atoms with Gasteiger partial charge in [0.05, 0.1) is 21.5 Å². The molecule has 5 aromatic rings. The smallest absolute Gasteiger partial charge is 0.322 e. The molecule has 0 aliphatic heterocycles. The minimum absolute atomic E-state index is 0.271.